The van der Waals surface area contributed by atoms with Crippen LogP contribution in [0.15, 0.2) is 34.9 Å². The molecule has 0 aliphatic heterocycles. The summed E-state index contributed by atoms with van der Waals surface area (Å²) in [5.74, 6) is 0.906. The first-order valence-electron chi connectivity index (χ1n) is 8.81. The molecule has 1 aromatic carbocycles. The highest BCUT2D eigenvalue weighted by Crippen LogP contribution is 2.23. The van der Waals surface area contributed by atoms with E-state index in [0.717, 1.165) is 31.2 Å². The standard InChI is InChI=1S/C19H25N3O3/c1-13-5-7-15(8-6-13)18-22-16(12-25-18)11-21-19(24)20-10-14-3-2-4-17(23)9-14/h5-8,12,14,17,23H,2-4,9-11H2,1H3,(H2,20,21,24). The molecule has 3 N–H and O–H groups in total. The molecule has 2 aromatic rings. The Hall–Kier alpha value is -2.34. The zero-order valence-electron chi connectivity index (χ0n) is 14.5. The number of aryl methyl sites for hydroxylation is 1. The second kappa shape index (κ2) is 8.16. The van der Waals surface area contributed by atoms with Gasteiger partial charge in [-0.3, -0.25) is 0 Å². The Bertz CT molecular complexity index is 696. The van der Waals surface area contributed by atoms with Crippen molar-refractivity contribution in [2.75, 3.05) is 6.54 Å². The largest absolute Gasteiger partial charge is 0.444 e. The molecular weight excluding hydrogens is 318 g/mol. The lowest BCUT2D eigenvalue weighted by Crippen LogP contribution is -2.39. The molecule has 0 saturated heterocycles. The van der Waals surface area contributed by atoms with Crippen LogP contribution in [0.5, 0.6) is 0 Å². The average Bonchev–Trinajstić information content (AvgIpc) is 3.08. The molecule has 1 aliphatic rings. The number of nitrogens with zero attached hydrogens (tertiary/aromatic N) is 1. The Balaban J connectivity index is 1.44. The molecule has 6 nitrogen and oxygen atoms in total. The summed E-state index contributed by atoms with van der Waals surface area (Å²) in [5.41, 5.74) is 2.77. The molecule has 1 fully saturated rings. The van der Waals surface area contributed by atoms with Crippen molar-refractivity contribution in [3.8, 4) is 11.5 Å². The minimum atomic E-state index is -0.223. The summed E-state index contributed by atoms with van der Waals surface area (Å²) in [7, 11) is 0. The van der Waals surface area contributed by atoms with Crippen LogP contribution in [-0.2, 0) is 6.54 Å². The van der Waals surface area contributed by atoms with Crippen LogP contribution >= 0.6 is 0 Å². The molecule has 1 heterocycles. The zero-order valence-corrected chi connectivity index (χ0v) is 14.5. The fourth-order valence-electron chi connectivity index (χ4n) is 3.14. The summed E-state index contributed by atoms with van der Waals surface area (Å²) < 4.78 is 5.48. The van der Waals surface area contributed by atoms with Crippen molar-refractivity contribution < 1.29 is 14.3 Å². The highest BCUT2D eigenvalue weighted by atomic mass is 16.3. The van der Waals surface area contributed by atoms with Crippen LogP contribution < -0.4 is 10.6 Å². The number of aliphatic hydroxyl groups is 1. The molecule has 2 unspecified atom stereocenters. The molecule has 0 radical (unpaired) electrons. The van der Waals surface area contributed by atoms with Gasteiger partial charge in [-0.15, -0.1) is 0 Å². The lowest BCUT2D eigenvalue weighted by atomic mass is 9.87. The fraction of sp³-hybridized carbons (Fsp3) is 0.474. The Labute approximate surface area is 147 Å². The second-order valence-electron chi connectivity index (χ2n) is 6.76. The van der Waals surface area contributed by atoms with Crippen LogP contribution in [0, 0.1) is 12.8 Å². The first-order chi connectivity index (χ1) is 12.1. The molecular formula is C19H25N3O3. The van der Waals surface area contributed by atoms with Crippen molar-refractivity contribution in [2.45, 2.75) is 45.3 Å². The van der Waals surface area contributed by atoms with Gasteiger partial charge in [-0.25, -0.2) is 9.78 Å². The summed E-state index contributed by atoms with van der Waals surface area (Å²) in [6, 6.07) is 7.72. The molecule has 0 bridgehead atoms. The molecule has 1 aromatic heterocycles. The molecule has 25 heavy (non-hydrogen) atoms. The Kier molecular flexibility index (Phi) is 5.71. The maximum atomic E-state index is 11.9. The van der Waals surface area contributed by atoms with Gasteiger partial charge in [0.2, 0.25) is 5.89 Å². The molecule has 2 amide bonds. The summed E-state index contributed by atoms with van der Waals surface area (Å²) >= 11 is 0. The number of amides is 2. The third kappa shape index (κ3) is 5.06. The SMILES string of the molecule is Cc1ccc(-c2nc(CNC(=O)NCC3CCCC(O)C3)co2)cc1. The summed E-state index contributed by atoms with van der Waals surface area (Å²) in [6.45, 7) is 2.94. The fourth-order valence-corrected chi connectivity index (χ4v) is 3.14. The molecule has 2 atom stereocenters. The van der Waals surface area contributed by atoms with Gasteiger partial charge in [0.1, 0.15) is 6.26 Å². The van der Waals surface area contributed by atoms with E-state index in [2.05, 4.69) is 15.6 Å². The van der Waals surface area contributed by atoms with Crippen LogP contribution in [-0.4, -0.2) is 28.8 Å². The maximum absolute atomic E-state index is 11.9. The van der Waals surface area contributed by atoms with E-state index in [1.165, 1.54) is 5.56 Å². The van der Waals surface area contributed by atoms with Crippen molar-refractivity contribution in [3.05, 3.63) is 41.8 Å². The summed E-state index contributed by atoms with van der Waals surface area (Å²) in [6.07, 6.45) is 5.06. The maximum Gasteiger partial charge on any atom is 0.315 e. The first-order valence-corrected chi connectivity index (χ1v) is 8.81. The van der Waals surface area contributed by atoms with Crippen LogP contribution in [0.4, 0.5) is 4.79 Å². The number of aromatic nitrogens is 1. The van der Waals surface area contributed by atoms with Crippen LogP contribution in [0.3, 0.4) is 0 Å². The molecule has 0 spiro atoms. The van der Waals surface area contributed by atoms with E-state index in [9.17, 15) is 9.90 Å². The van der Waals surface area contributed by atoms with Gasteiger partial charge in [0.15, 0.2) is 0 Å². The quantitative estimate of drug-likeness (QED) is 0.779. The predicted molar refractivity (Wildman–Crippen MR) is 94.9 cm³/mol. The Morgan fingerprint density at radius 1 is 1.28 bits per heavy atom. The second-order valence-corrected chi connectivity index (χ2v) is 6.76. The highest BCUT2D eigenvalue weighted by Gasteiger charge is 2.20. The smallest absolute Gasteiger partial charge is 0.315 e. The van der Waals surface area contributed by atoms with Gasteiger partial charge < -0.3 is 20.2 Å². The van der Waals surface area contributed by atoms with Gasteiger partial charge >= 0.3 is 6.03 Å². The van der Waals surface area contributed by atoms with Crippen molar-refractivity contribution >= 4 is 6.03 Å². The molecule has 1 aliphatic carbocycles. The number of hydrogen-bond donors (Lipinski definition) is 3. The third-order valence-electron chi connectivity index (χ3n) is 4.59. The highest BCUT2D eigenvalue weighted by molar-refractivity contribution is 5.73. The topological polar surface area (TPSA) is 87.4 Å². The number of urea groups is 1. The summed E-state index contributed by atoms with van der Waals surface area (Å²) in [4.78, 5) is 16.3. The van der Waals surface area contributed by atoms with E-state index >= 15 is 0 Å². The third-order valence-corrected chi connectivity index (χ3v) is 4.59. The van der Waals surface area contributed by atoms with E-state index in [1.54, 1.807) is 6.26 Å². The number of hydrogen-bond acceptors (Lipinski definition) is 4. The Morgan fingerprint density at radius 2 is 2.08 bits per heavy atom. The van der Waals surface area contributed by atoms with Gasteiger partial charge in [0.25, 0.3) is 0 Å². The monoisotopic (exact) mass is 343 g/mol. The van der Waals surface area contributed by atoms with Crippen LogP contribution in [0.1, 0.15) is 36.9 Å². The molecule has 1 saturated carbocycles. The summed E-state index contributed by atoms with van der Waals surface area (Å²) in [5, 5.41) is 15.3. The first kappa shape index (κ1) is 17.5. The van der Waals surface area contributed by atoms with E-state index in [-0.39, 0.29) is 12.1 Å². The van der Waals surface area contributed by atoms with Crippen molar-refractivity contribution in [2.24, 2.45) is 5.92 Å². The van der Waals surface area contributed by atoms with Gasteiger partial charge in [-0.05, 0) is 44.2 Å². The number of carbonyl (C=O) groups is 1. The van der Waals surface area contributed by atoms with Gasteiger partial charge in [-0.2, -0.15) is 0 Å². The number of nitrogens with one attached hydrogen (secondary N) is 2. The minimum absolute atomic E-state index is 0.222. The zero-order chi connectivity index (χ0) is 17.6. The van der Waals surface area contributed by atoms with Crippen molar-refractivity contribution in [1.29, 1.82) is 0 Å². The number of carbonyl (C=O) groups excluding carboxylic acids is 1. The van der Waals surface area contributed by atoms with E-state index < -0.39 is 0 Å². The van der Waals surface area contributed by atoms with E-state index in [1.807, 2.05) is 31.2 Å². The van der Waals surface area contributed by atoms with Gasteiger partial charge in [0.05, 0.1) is 18.3 Å². The molecule has 6 heteroatoms. The lowest BCUT2D eigenvalue weighted by Gasteiger charge is -2.25. The van der Waals surface area contributed by atoms with Crippen LogP contribution in [0.25, 0.3) is 11.5 Å². The van der Waals surface area contributed by atoms with Gasteiger partial charge in [0, 0.05) is 12.1 Å². The number of aliphatic hydroxyl groups excluding tert-OH is 1. The Morgan fingerprint density at radius 3 is 2.84 bits per heavy atom. The van der Waals surface area contributed by atoms with E-state index in [0.29, 0.717) is 30.6 Å². The number of oxazole rings is 1. The average molecular weight is 343 g/mol. The number of benzene rings is 1. The molecule has 3 rings (SSSR count). The van der Waals surface area contributed by atoms with Gasteiger partial charge in [-0.1, -0.05) is 24.1 Å². The van der Waals surface area contributed by atoms with Crippen LogP contribution in [0.2, 0.25) is 0 Å². The number of rotatable bonds is 5. The minimum Gasteiger partial charge on any atom is -0.444 e. The molecule has 134 valence electrons. The lowest BCUT2D eigenvalue weighted by molar-refractivity contribution is 0.101. The normalized spacial score (nSPS) is 20.2. The van der Waals surface area contributed by atoms with Crippen molar-refractivity contribution in [1.82, 2.24) is 15.6 Å². The van der Waals surface area contributed by atoms with Crippen molar-refractivity contribution in [3.63, 3.8) is 0 Å². The van der Waals surface area contributed by atoms with E-state index in [4.69, 9.17) is 4.42 Å². The predicted octanol–water partition coefficient (Wildman–Crippen LogP) is 3.00.